The van der Waals surface area contributed by atoms with Crippen LogP contribution in [0.25, 0.3) is 0 Å². The van der Waals surface area contributed by atoms with Gasteiger partial charge < -0.3 is 15.2 Å². The molecule has 1 aromatic heterocycles. The molecule has 4 nitrogen and oxygen atoms in total. The molecular weight excluding hydrogens is 262 g/mol. The number of nitrogens with one attached hydrogen (secondary N) is 1. The third-order valence-electron chi connectivity index (χ3n) is 2.98. The van der Waals surface area contributed by atoms with Crippen molar-refractivity contribution in [1.29, 1.82) is 0 Å². The minimum atomic E-state index is -0.164. The average Bonchev–Trinajstić information content (AvgIpc) is 3.07. The van der Waals surface area contributed by atoms with Crippen molar-refractivity contribution in [3.05, 3.63) is 21.9 Å². The van der Waals surface area contributed by atoms with Gasteiger partial charge >= 0.3 is 0 Å². The van der Waals surface area contributed by atoms with Gasteiger partial charge in [0.25, 0.3) is 5.91 Å². The minimum absolute atomic E-state index is 0.0547. The highest BCUT2D eigenvalue weighted by molar-refractivity contribution is 7.14. The van der Waals surface area contributed by atoms with Crippen molar-refractivity contribution in [2.45, 2.75) is 12.8 Å². The Bertz CT molecular complexity index is 480. The lowest BCUT2D eigenvalue weighted by Crippen LogP contribution is -2.25. The maximum atomic E-state index is 11.9. The molecule has 1 aromatic rings. The molecule has 0 spiro atoms. The number of rotatable bonds is 4. The highest BCUT2D eigenvalue weighted by Gasteiger charge is 2.15. The molecule has 1 aliphatic heterocycles. The van der Waals surface area contributed by atoms with Crippen LogP contribution >= 0.6 is 11.3 Å². The Kier molecular flexibility index (Phi) is 5.40. The summed E-state index contributed by atoms with van der Waals surface area (Å²) in [7, 11) is 0. The van der Waals surface area contributed by atoms with Crippen LogP contribution in [0.4, 0.5) is 0 Å². The Morgan fingerprint density at radius 1 is 1.58 bits per heavy atom. The van der Waals surface area contributed by atoms with Crippen molar-refractivity contribution < 1.29 is 14.6 Å². The average molecular weight is 279 g/mol. The normalized spacial score (nSPS) is 17.8. The van der Waals surface area contributed by atoms with Gasteiger partial charge in [0.2, 0.25) is 0 Å². The molecule has 0 bridgehead atoms. The van der Waals surface area contributed by atoms with Crippen molar-refractivity contribution in [3.63, 3.8) is 0 Å². The van der Waals surface area contributed by atoms with Gasteiger partial charge in [-0.05, 0) is 30.9 Å². The van der Waals surface area contributed by atoms with Crippen molar-refractivity contribution in [2.24, 2.45) is 5.92 Å². The maximum Gasteiger partial charge on any atom is 0.261 e. The Labute approximate surface area is 116 Å². The molecule has 102 valence electrons. The highest BCUT2D eigenvalue weighted by Crippen LogP contribution is 2.17. The van der Waals surface area contributed by atoms with E-state index in [-0.39, 0.29) is 12.5 Å². The molecule has 5 heteroatoms. The summed E-state index contributed by atoms with van der Waals surface area (Å²) in [6.45, 7) is 2.18. The van der Waals surface area contributed by atoms with Gasteiger partial charge in [-0.1, -0.05) is 11.8 Å². The van der Waals surface area contributed by atoms with Crippen LogP contribution in [0.1, 0.15) is 27.4 Å². The first-order valence-corrected chi connectivity index (χ1v) is 7.16. The van der Waals surface area contributed by atoms with Crippen LogP contribution in [-0.4, -0.2) is 37.4 Å². The summed E-state index contributed by atoms with van der Waals surface area (Å²) < 4.78 is 5.29. The molecule has 0 aromatic carbocycles. The number of ether oxygens (including phenoxy) is 1. The van der Waals surface area contributed by atoms with E-state index in [9.17, 15) is 4.79 Å². The zero-order valence-corrected chi connectivity index (χ0v) is 11.5. The van der Waals surface area contributed by atoms with Gasteiger partial charge in [-0.25, -0.2) is 0 Å². The van der Waals surface area contributed by atoms with Gasteiger partial charge in [-0.2, -0.15) is 0 Å². The maximum absolute atomic E-state index is 11.9. The monoisotopic (exact) mass is 279 g/mol. The third-order valence-corrected chi connectivity index (χ3v) is 3.98. The fourth-order valence-corrected chi connectivity index (χ4v) is 2.74. The zero-order chi connectivity index (χ0) is 13.5. The number of hydrogen-bond acceptors (Lipinski definition) is 4. The van der Waals surface area contributed by atoms with Crippen LogP contribution in [0.15, 0.2) is 12.1 Å². The minimum Gasteiger partial charge on any atom is -0.384 e. The summed E-state index contributed by atoms with van der Waals surface area (Å²) in [4.78, 5) is 13.3. The van der Waals surface area contributed by atoms with Gasteiger partial charge in [-0.15, -0.1) is 11.3 Å². The Balaban J connectivity index is 1.77. The van der Waals surface area contributed by atoms with Gasteiger partial charge in [0.1, 0.15) is 6.61 Å². The number of amides is 1. The van der Waals surface area contributed by atoms with E-state index < -0.39 is 0 Å². The van der Waals surface area contributed by atoms with Crippen LogP contribution in [0, 0.1) is 17.8 Å². The first kappa shape index (κ1) is 14.1. The first-order chi connectivity index (χ1) is 9.29. The second kappa shape index (κ2) is 7.29. The van der Waals surface area contributed by atoms with E-state index in [1.165, 1.54) is 11.3 Å². The molecule has 2 N–H and O–H groups in total. The van der Waals surface area contributed by atoms with E-state index in [4.69, 9.17) is 9.84 Å². The van der Waals surface area contributed by atoms with Crippen molar-refractivity contribution in [1.82, 2.24) is 5.32 Å². The van der Waals surface area contributed by atoms with Crippen molar-refractivity contribution in [2.75, 3.05) is 26.4 Å². The molecule has 2 rings (SSSR count). The van der Waals surface area contributed by atoms with Gasteiger partial charge in [-0.3, -0.25) is 4.79 Å². The molecule has 0 aliphatic carbocycles. The summed E-state index contributed by atoms with van der Waals surface area (Å²) in [5.74, 6) is 5.88. The lowest BCUT2D eigenvalue weighted by molar-refractivity contribution is 0.0954. The fraction of sp³-hybridized carbons (Fsp3) is 0.500. The smallest absolute Gasteiger partial charge is 0.261 e. The third kappa shape index (κ3) is 4.35. The lowest BCUT2D eigenvalue weighted by atomic mass is 10.1. The summed E-state index contributed by atoms with van der Waals surface area (Å²) in [6.07, 6.45) is 2.06. The Morgan fingerprint density at radius 2 is 2.47 bits per heavy atom. The Morgan fingerprint density at radius 3 is 3.21 bits per heavy atom. The predicted molar refractivity (Wildman–Crippen MR) is 74.2 cm³/mol. The largest absolute Gasteiger partial charge is 0.384 e. The number of aliphatic hydroxyl groups is 1. The van der Waals surface area contributed by atoms with Crippen LogP contribution in [0.5, 0.6) is 0 Å². The SMILES string of the molecule is O=C(NCCC1CCOC1)c1ccc(C#CCO)s1. The molecule has 1 aliphatic rings. The van der Waals surface area contributed by atoms with E-state index in [0.29, 0.717) is 17.3 Å². The Hall–Kier alpha value is -1.35. The molecule has 19 heavy (non-hydrogen) atoms. The number of hydrogen-bond donors (Lipinski definition) is 2. The van der Waals surface area contributed by atoms with E-state index in [0.717, 1.165) is 30.9 Å². The van der Waals surface area contributed by atoms with Gasteiger partial charge in [0.05, 0.1) is 9.75 Å². The highest BCUT2D eigenvalue weighted by atomic mass is 32.1. The molecule has 1 amide bonds. The van der Waals surface area contributed by atoms with Crippen LogP contribution in [0.3, 0.4) is 0 Å². The topological polar surface area (TPSA) is 58.6 Å². The van der Waals surface area contributed by atoms with Crippen molar-refractivity contribution >= 4 is 17.2 Å². The predicted octanol–water partition coefficient (Wildman–Crippen LogP) is 1.25. The number of thiophene rings is 1. The standard InChI is InChI=1S/C14H17NO3S/c16-8-1-2-12-3-4-13(19-12)14(17)15-7-5-11-6-9-18-10-11/h3-4,11,16H,5-10H2,(H,15,17). The first-order valence-electron chi connectivity index (χ1n) is 6.35. The summed E-state index contributed by atoms with van der Waals surface area (Å²) in [6, 6.07) is 3.56. The second-order valence-electron chi connectivity index (χ2n) is 4.40. The van der Waals surface area contributed by atoms with Crippen LogP contribution in [-0.2, 0) is 4.74 Å². The summed E-state index contributed by atoms with van der Waals surface area (Å²) in [5, 5.41) is 11.5. The number of carbonyl (C=O) groups is 1. The van der Waals surface area contributed by atoms with E-state index in [1.54, 1.807) is 12.1 Å². The van der Waals surface area contributed by atoms with E-state index in [1.807, 2.05) is 0 Å². The molecular formula is C14H17NO3S. The van der Waals surface area contributed by atoms with Crippen LogP contribution in [0.2, 0.25) is 0 Å². The summed E-state index contributed by atoms with van der Waals surface area (Å²) >= 11 is 1.34. The second-order valence-corrected chi connectivity index (χ2v) is 5.48. The van der Waals surface area contributed by atoms with E-state index >= 15 is 0 Å². The molecule has 0 radical (unpaired) electrons. The van der Waals surface area contributed by atoms with Crippen LogP contribution < -0.4 is 5.32 Å². The molecule has 1 fully saturated rings. The van der Waals surface area contributed by atoms with Crippen molar-refractivity contribution in [3.8, 4) is 11.8 Å². The molecule has 2 heterocycles. The lowest BCUT2D eigenvalue weighted by Gasteiger charge is -2.07. The molecule has 1 saturated heterocycles. The molecule has 0 saturated carbocycles. The molecule has 1 unspecified atom stereocenters. The van der Waals surface area contributed by atoms with E-state index in [2.05, 4.69) is 17.2 Å². The van der Waals surface area contributed by atoms with Gasteiger partial charge in [0, 0.05) is 19.8 Å². The number of carbonyl (C=O) groups excluding carboxylic acids is 1. The quantitative estimate of drug-likeness (QED) is 0.816. The van der Waals surface area contributed by atoms with Gasteiger partial charge in [0.15, 0.2) is 0 Å². The summed E-state index contributed by atoms with van der Waals surface area (Å²) in [5.41, 5.74) is 0. The number of aliphatic hydroxyl groups excluding tert-OH is 1. The zero-order valence-electron chi connectivity index (χ0n) is 10.6. The fourth-order valence-electron chi connectivity index (χ4n) is 1.94. The molecule has 1 atom stereocenters.